The lowest BCUT2D eigenvalue weighted by Crippen LogP contribution is -2.29. The van der Waals surface area contributed by atoms with Gasteiger partial charge in [-0.25, -0.2) is 4.79 Å². The Morgan fingerprint density at radius 3 is 2.33 bits per heavy atom. The van der Waals surface area contributed by atoms with Crippen LogP contribution >= 0.6 is 0 Å². The summed E-state index contributed by atoms with van der Waals surface area (Å²) in [4.78, 5) is 26.5. The average Bonchev–Trinajstić information content (AvgIpc) is 3.14. The Balaban J connectivity index is 1.64. The fourth-order valence-electron chi connectivity index (χ4n) is 4.61. The lowest BCUT2D eigenvalue weighted by molar-refractivity contribution is -0.136. The molecule has 0 aromatic heterocycles. The monoisotopic (exact) mass is 437 g/mol. The van der Waals surface area contributed by atoms with Crippen LogP contribution in [0.4, 0.5) is 0 Å². The first-order valence-electron chi connectivity index (χ1n) is 10.8. The Morgan fingerprint density at radius 2 is 1.58 bits per heavy atom. The molecule has 3 aromatic rings. The van der Waals surface area contributed by atoms with E-state index in [1.54, 1.807) is 0 Å². The molecule has 0 saturated carbocycles. The predicted molar refractivity (Wildman–Crippen MR) is 126 cm³/mol. The van der Waals surface area contributed by atoms with Crippen molar-refractivity contribution >= 4 is 17.4 Å². The van der Waals surface area contributed by atoms with Gasteiger partial charge in [0.2, 0.25) is 0 Å². The number of hydrogen-bond acceptors (Lipinski definition) is 5. The highest BCUT2D eigenvalue weighted by Gasteiger charge is 2.43. The molecule has 2 aliphatic rings. The maximum absolute atomic E-state index is 13.6. The molecule has 1 N–H and O–H groups in total. The number of nitrogens with one attached hydrogen (secondary N) is 1. The number of carbonyl (C=O) groups excluding carboxylic acids is 2. The van der Waals surface area contributed by atoms with Gasteiger partial charge in [0.15, 0.2) is 5.78 Å². The number of benzene rings is 3. The lowest BCUT2D eigenvalue weighted by atomic mass is 9.79. The van der Waals surface area contributed by atoms with Crippen LogP contribution in [-0.2, 0) is 16.1 Å². The van der Waals surface area contributed by atoms with E-state index in [2.05, 4.69) is 5.32 Å². The first kappa shape index (κ1) is 20.8. The number of para-hydroxylation sites is 1. The fourth-order valence-corrected chi connectivity index (χ4v) is 4.61. The molecule has 1 atom stereocenters. The molecule has 0 amide bonds. The van der Waals surface area contributed by atoms with E-state index in [0.717, 1.165) is 22.4 Å². The summed E-state index contributed by atoms with van der Waals surface area (Å²) < 4.78 is 11.3. The quantitative estimate of drug-likeness (QED) is 0.569. The van der Waals surface area contributed by atoms with E-state index in [9.17, 15) is 9.59 Å². The summed E-state index contributed by atoms with van der Waals surface area (Å²) >= 11 is 0. The van der Waals surface area contributed by atoms with Crippen LogP contribution in [0, 0.1) is 0 Å². The van der Waals surface area contributed by atoms with Crippen LogP contribution in [0.3, 0.4) is 0 Å². The van der Waals surface area contributed by atoms with E-state index in [1.807, 2.05) is 85.8 Å². The van der Waals surface area contributed by atoms with E-state index in [-0.39, 0.29) is 5.78 Å². The number of dihydropyridines is 1. The molecule has 0 unspecified atom stereocenters. The van der Waals surface area contributed by atoms with E-state index < -0.39 is 11.9 Å². The molecule has 33 heavy (non-hydrogen) atoms. The minimum atomic E-state index is -0.611. The first-order chi connectivity index (χ1) is 16.1. The molecule has 5 heteroatoms. The second kappa shape index (κ2) is 8.43. The molecule has 1 aliphatic carbocycles. The van der Waals surface area contributed by atoms with E-state index in [0.29, 0.717) is 34.8 Å². The summed E-state index contributed by atoms with van der Waals surface area (Å²) in [6.45, 7) is 2.21. The predicted octanol–water partition coefficient (Wildman–Crippen LogP) is 5.01. The van der Waals surface area contributed by atoms with Gasteiger partial charge in [-0.3, -0.25) is 4.79 Å². The van der Waals surface area contributed by atoms with Crippen LogP contribution < -0.4 is 10.1 Å². The summed E-state index contributed by atoms with van der Waals surface area (Å²) in [5, 5.41) is 3.30. The van der Waals surface area contributed by atoms with E-state index in [1.165, 1.54) is 7.11 Å². The SMILES string of the molecule is COC(=O)C1=C(C)NC2=C(C(=O)c3ccccc32)[C@@H]1c1ccccc1OCc1ccccc1. The normalized spacial score (nSPS) is 16.8. The number of esters is 1. The molecule has 0 fully saturated rings. The van der Waals surface area contributed by atoms with Gasteiger partial charge in [0.1, 0.15) is 12.4 Å². The van der Waals surface area contributed by atoms with Gasteiger partial charge < -0.3 is 14.8 Å². The molecule has 1 heterocycles. The molecule has 5 rings (SSSR count). The van der Waals surface area contributed by atoms with Crippen molar-refractivity contribution in [3.8, 4) is 5.75 Å². The Kier molecular flexibility index (Phi) is 5.31. The number of rotatable bonds is 5. The highest BCUT2D eigenvalue weighted by Crippen LogP contribution is 2.48. The minimum Gasteiger partial charge on any atom is -0.489 e. The number of ketones is 1. The number of fused-ring (bicyclic) bond motifs is 2. The number of allylic oxidation sites excluding steroid dienone is 2. The molecule has 0 bridgehead atoms. The summed E-state index contributed by atoms with van der Waals surface area (Å²) in [6.07, 6.45) is 0. The van der Waals surface area contributed by atoms with Crippen LogP contribution in [-0.4, -0.2) is 18.9 Å². The zero-order valence-electron chi connectivity index (χ0n) is 18.4. The van der Waals surface area contributed by atoms with Crippen LogP contribution in [0.25, 0.3) is 5.70 Å². The second-order valence-electron chi connectivity index (χ2n) is 8.06. The molecule has 1 aliphatic heterocycles. The summed E-state index contributed by atoms with van der Waals surface area (Å²) in [6, 6.07) is 24.9. The molecular weight excluding hydrogens is 414 g/mol. The van der Waals surface area contributed by atoms with Gasteiger partial charge in [-0.15, -0.1) is 0 Å². The summed E-state index contributed by atoms with van der Waals surface area (Å²) in [5.41, 5.74) is 5.60. The number of Topliss-reactive ketones (excluding diaryl/α,β-unsaturated/α-hetero) is 1. The van der Waals surface area contributed by atoms with Crippen LogP contribution in [0.1, 0.15) is 39.9 Å². The van der Waals surface area contributed by atoms with Gasteiger partial charge in [0, 0.05) is 28.0 Å². The largest absolute Gasteiger partial charge is 0.489 e. The Morgan fingerprint density at radius 1 is 0.909 bits per heavy atom. The molecule has 0 radical (unpaired) electrons. The van der Waals surface area contributed by atoms with Crippen LogP contribution in [0.2, 0.25) is 0 Å². The highest BCUT2D eigenvalue weighted by atomic mass is 16.5. The molecule has 0 spiro atoms. The number of ether oxygens (including phenoxy) is 2. The maximum atomic E-state index is 13.6. The number of hydrogen-bond donors (Lipinski definition) is 1. The standard InChI is InChI=1S/C28H23NO4/c1-17-23(28(31)32-2)24(25-26(29-17)19-12-6-7-13-20(19)27(25)30)21-14-8-9-15-22(21)33-16-18-10-4-3-5-11-18/h3-15,24,29H,16H2,1-2H3/t24-/m1/s1. The zero-order valence-corrected chi connectivity index (χ0v) is 18.4. The van der Waals surface area contributed by atoms with Crippen LogP contribution in [0.15, 0.2) is 95.7 Å². The maximum Gasteiger partial charge on any atom is 0.336 e. The molecular formula is C28H23NO4. The number of methoxy groups -OCH3 is 1. The van der Waals surface area contributed by atoms with Crippen molar-refractivity contribution in [2.75, 3.05) is 7.11 Å². The van der Waals surface area contributed by atoms with Crippen LogP contribution in [0.5, 0.6) is 5.75 Å². The average molecular weight is 437 g/mol. The molecule has 5 nitrogen and oxygen atoms in total. The van der Waals surface area contributed by atoms with Crippen molar-refractivity contribution in [3.63, 3.8) is 0 Å². The van der Waals surface area contributed by atoms with Gasteiger partial charge in [0.25, 0.3) is 0 Å². The summed E-state index contributed by atoms with van der Waals surface area (Å²) in [5.74, 6) is -0.554. The smallest absolute Gasteiger partial charge is 0.336 e. The topological polar surface area (TPSA) is 64.6 Å². The van der Waals surface area contributed by atoms with Crippen molar-refractivity contribution in [1.29, 1.82) is 0 Å². The summed E-state index contributed by atoms with van der Waals surface area (Å²) in [7, 11) is 1.35. The van der Waals surface area contributed by atoms with Gasteiger partial charge in [-0.1, -0.05) is 72.8 Å². The lowest BCUT2D eigenvalue weighted by Gasteiger charge is -2.30. The van der Waals surface area contributed by atoms with Gasteiger partial charge in [0.05, 0.1) is 24.3 Å². The zero-order chi connectivity index (χ0) is 22.9. The van der Waals surface area contributed by atoms with Gasteiger partial charge >= 0.3 is 5.97 Å². The Hall–Kier alpha value is -4.12. The van der Waals surface area contributed by atoms with Crippen molar-refractivity contribution < 1.29 is 19.1 Å². The third-order valence-corrected chi connectivity index (χ3v) is 6.12. The fraction of sp³-hybridized carbons (Fsp3) is 0.143. The Labute approximate surface area is 192 Å². The van der Waals surface area contributed by atoms with Crippen molar-refractivity contribution in [1.82, 2.24) is 5.32 Å². The van der Waals surface area contributed by atoms with Crippen molar-refractivity contribution in [2.24, 2.45) is 0 Å². The van der Waals surface area contributed by atoms with Crippen molar-refractivity contribution in [3.05, 3.63) is 118 Å². The second-order valence-corrected chi connectivity index (χ2v) is 8.06. The first-order valence-corrected chi connectivity index (χ1v) is 10.8. The third-order valence-electron chi connectivity index (χ3n) is 6.12. The molecule has 3 aromatic carbocycles. The van der Waals surface area contributed by atoms with E-state index in [4.69, 9.17) is 9.47 Å². The van der Waals surface area contributed by atoms with Crippen molar-refractivity contribution in [2.45, 2.75) is 19.4 Å². The van der Waals surface area contributed by atoms with Gasteiger partial charge in [-0.2, -0.15) is 0 Å². The molecule has 0 saturated heterocycles. The number of carbonyl (C=O) groups is 2. The highest BCUT2D eigenvalue weighted by molar-refractivity contribution is 6.23. The molecule has 164 valence electrons. The van der Waals surface area contributed by atoms with E-state index >= 15 is 0 Å². The minimum absolute atomic E-state index is 0.0927. The third kappa shape index (κ3) is 3.52. The Bertz CT molecular complexity index is 1320. The van der Waals surface area contributed by atoms with Gasteiger partial charge in [-0.05, 0) is 18.6 Å².